The molecule has 0 spiro atoms. The average Bonchev–Trinajstić information content (AvgIpc) is 3.34. The minimum absolute atomic E-state index is 0.0688. The third kappa shape index (κ3) is 3.10. The zero-order valence-electron chi connectivity index (χ0n) is 13.9. The Hall–Kier alpha value is -3.16. The third-order valence-electron chi connectivity index (χ3n) is 4.17. The molecule has 8 heteroatoms. The van der Waals surface area contributed by atoms with Crippen LogP contribution in [0, 0.1) is 6.92 Å². The molecule has 1 fully saturated rings. The van der Waals surface area contributed by atoms with Crippen molar-refractivity contribution in [3.63, 3.8) is 0 Å². The molecule has 0 unspecified atom stereocenters. The monoisotopic (exact) mass is 338 g/mol. The van der Waals surface area contributed by atoms with Gasteiger partial charge in [-0.25, -0.2) is 14.6 Å². The van der Waals surface area contributed by atoms with Crippen LogP contribution >= 0.6 is 0 Å². The first-order valence-corrected chi connectivity index (χ1v) is 8.14. The fraction of sp³-hybridized carbons (Fsp3) is 0.294. The topological polar surface area (TPSA) is 80.3 Å². The molecule has 0 aromatic carbocycles. The molecule has 3 aromatic heterocycles. The smallest absolute Gasteiger partial charge is 0.289 e. The molecule has 3 aromatic rings. The molecule has 4 heterocycles. The lowest BCUT2D eigenvalue weighted by Crippen LogP contribution is -2.49. The fourth-order valence-corrected chi connectivity index (χ4v) is 2.91. The quantitative estimate of drug-likeness (QED) is 0.720. The summed E-state index contributed by atoms with van der Waals surface area (Å²) in [6.45, 7) is 4.54. The molecule has 0 radical (unpaired) electrons. The number of aromatic nitrogens is 4. The van der Waals surface area contributed by atoms with Crippen molar-refractivity contribution in [2.24, 2.45) is 0 Å². The van der Waals surface area contributed by atoms with Gasteiger partial charge in [0.05, 0.1) is 6.26 Å². The molecule has 0 bridgehead atoms. The molecule has 0 atom stereocenters. The lowest BCUT2D eigenvalue weighted by Gasteiger charge is -2.35. The van der Waals surface area contributed by atoms with E-state index in [0.717, 1.165) is 11.6 Å². The summed E-state index contributed by atoms with van der Waals surface area (Å²) in [5, 5.41) is 4.22. The van der Waals surface area contributed by atoms with Crippen molar-refractivity contribution < 1.29 is 9.21 Å². The van der Waals surface area contributed by atoms with Crippen molar-refractivity contribution >= 4 is 11.7 Å². The Labute approximate surface area is 144 Å². The van der Waals surface area contributed by atoms with E-state index in [1.807, 2.05) is 25.3 Å². The summed E-state index contributed by atoms with van der Waals surface area (Å²) >= 11 is 0. The molecule has 0 saturated carbocycles. The zero-order valence-corrected chi connectivity index (χ0v) is 13.9. The summed E-state index contributed by atoms with van der Waals surface area (Å²) in [4.78, 5) is 25.3. The molecule has 8 nitrogen and oxygen atoms in total. The van der Waals surface area contributed by atoms with Crippen molar-refractivity contribution in [2.75, 3.05) is 31.1 Å². The van der Waals surface area contributed by atoms with Crippen LogP contribution in [-0.2, 0) is 0 Å². The van der Waals surface area contributed by atoms with E-state index in [2.05, 4.69) is 20.0 Å². The number of rotatable bonds is 3. The number of amides is 1. The molecule has 0 N–H and O–H groups in total. The van der Waals surface area contributed by atoms with Gasteiger partial charge in [-0.05, 0) is 25.1 Å². The summed E-state index contributed by atoms with van der Waals surface area (Å²) in [5.41, 5.74) is 0. The molecule has 25 heavy (non-hydrogen) atoms. The first-order valence-electron chi connectivity index (χ1n) is 8.14. The molecular weight excluding hydrogens is 320 g/mol. The van der Waals surface area contributed by atoms with Crippen molar-refractivity contribution in [1.82, 2.24) is 24.6 Å². The maximum absolute atomic E-state index is 12.3. The largest absolute Gasteiger partial charge is 0.459 e. The van der Waals surface area contributed by atoms with E-state index in [4.69, 9.17) is 4.42 Å². The molecule has 1 saturated heterocycles. The lowest BCUT2D eigenvalue weighted by molar-refractivity contribution is 0.0714. The van der Waals surface area contributed by atoms with Crippen LogP contribution in [0.15, 0.2) is 47.3 Å². The first-order chi connectivity index (χ1) is 12.2. The van der Waals surface area contributed by atoms with Gasteiger partial charge in [-0.3, -0.25) is 4.79 Å². The standard InChI is InChI=1S/C17H18N6O2/c1-13-19-15(12-16(20-13)23-6-3-5-18-23)21-7-9-22(10-8-21)17(24)14-4-2-11-25-14/h2-6,11-12H,7-10H2,1H3. The molecule has 128 valence electrons. The van der Waals surface area contributed by atoms with Crippen LogP contribution in [0.3, 0.4) is 0 Å². The highest BCUT2D eigenvalue weighted by atomic mass is 16.3. The van der Waals surface area contributed by atoms with Crippen LogP contribution in [-0.4, -0.2) is 56.7 Å². The Morgan fingerprint density at radius 3 is 2.60 bits per heavy atom. The van der Waals surface area contributed by atoms with Gasteiger partial charge in [0, 0.05) is 44.6 Å². The van der Waals surface area contributed by atoms with Gasteiger partial charge in [0.15, 0.2) is 11.6 Å². The summed E-state index contributed by atoms with van der Waals surface area (Å²) in [7, 11) is 0. The van der Waals surface area contributed by atoms with Gasteiger partial charge in [0.2, 0.25) is 0 Å². The van der Waals surface area contributed by atoms with Gasteiger partial charge in [-0.1, -0.05) is 0 Å². The van der Waals surface area contributed by atoms with Crippen LogP contribution in [0.5, 0.6) is 0 Å². The number of carbonyl (C=O) groups excluding carboxylic acids is 1. The van der Waals surface area contributed by atoms with Gasteiger partial charge >= 0.3 is 0 Å². The van der Waals surface area contributed by atoms with Gasteiger partial charge in [0.25, 0.3) is 5.91 Å². The predicted molar refractivity (Wildman–Crippen MR) is 90.7 cm³/mol. The fourth-order valence-electron chi connectivity index (χ4n) is 2.91. The number of hydrogen-bond donors (Lipinski definition) is 0. The molecule has 4 rings (SSSR count). The van der Waals surface area contributed by atoms with E-state index in [-0.39, 0.29) is 5.91 Å². The van der Waals surface area contributed by atoms with Crippen molar-refractivity contribution in [2.45, 2.75) is 6.92 Å². The molecule has 1 aliphatic rings. The first kappa shape index (κ1) is 15.4. The Balaban J connectivity index is 1.48. The van der Waals surface area contributed by atoms with Crippen LogP contribution in [0.4, 0.5) is 5.82 Å². The van der Waals surface area contributed by atoms with E-state index in [1.54, 1.807) is 27.9 Å². The number of furan rings is 1. The second-order valence-corrected chi connectivity index (χ2v) is 5.84. The molecule has 1 aliphatic heterocycles. The highest BCUT2D eigenvalue weighted by Gasteiger charge is 2.24. The number of carbonyl (C=O) groups is 1. The summed E-state index contributed by atoms with van der Waals surface area (Å²) in [6, 6.07) is 7.20. The second kappa shape index (κ2) is 6.39. The summed E-state index contributed by atoms with van der Waals surface area (Å²) in [6.07, 6.45) is 5.09. The van der Waals surface area contributed by atoms with Crippen molar-refractivity contribution in [3.8, 4) is 5.82 Å². The lowest BCUT2D eigenvalue weighted by atomic mass is 10.2. The maximum Gasteiger partial charge on any atom is 0.289 e. The Morgan fingerprint density at radius 2 is 1.92 bits per heavy atom. The second-order valence-electron chi connectivity index (χ2n) is 5.84. The number of aryl methyl sites for hydroxylation is 1. The average molecular weight is 338 g/mol. The number of hydrogen-bond acceptors (Lipinski definition) is 6. The molecular formula is C17H18N6O2. The number of anilines is 1. The summed E-state index contributed by atoms with van der Waals surface area (Å²) < 4.78 is 6.91. The summed E-state index contributed by atoms with van der Waals surface area (Å²) in [5.74, 6) is 2.59. The minimum Gasteiger partial charge on any atom is -0.459 e. The van der Waals surface area contributed by atoms with Gasteiger partial charge < -0.3 is 14.2 Å². The zero-order chi connectivity index (χ0) is 17.2. The van der Waals surface area contributed by atoms with Gasteiger partial charge in [-0.15, -0.1) is 0 Å². The Bertz CT molecular complexity index is 851. The van der Waals surface area contributed by atoms with Crippen LogP contribution < -0.4 is 4.90 Å². The highest BCUT2D eigenvalue weighted by Crippen LogP contribution is 2.18. The van der Waals surface area contributed by atoms with Crippen LogP contribution in [0.1, 0.15) is 16.4 Å². The van der Waals surface area contributed by atoms with E-state index in [1.165, 1.54) is 6.26 Å². The Morgan fingerprint density at radius 1 is 1.12 bits per heavy atom. The van der Waals surface area contributed by atoms with E-state index in [9.17, 15) is 4.79 Å². The van der Waals surface area contributed by atoms with E-state index >= 15 is 0 Å². The number of nitrogens with zero attached hydrogens (tertiary/aromatic N) is 6. The minimum atomic E-state index is -0.0688. The Kier molecular flexibility index (Phi) is 3.93. The SMILES string of the molecule is Cc1nc(N2CCN(C(=O)c3ccco3)CC2)cc(-n2cccn2)n1. The molecule has 1 amide bonds. The predicted octanol–water partition coefficient (Wildman–Crippen LogP) is 1.53. The number of piperazine rings is 1. The third-order valence-corrected chi connectivity index (χ3v) is 4.17. The normalized spacial score (nSPS) is 14.8. The van der Waals surface area contributed by atoms with Crippen molar-refractivity contribution in [3.05, 3.63) is 54.5 Å². The highest BCUT2D eigenvalue weighted by molar-refractivity contribution is 5.91. The van der Waals surface area contributed by atoms with E-state index < -0.39 is 0 Å². The van der Waals surface area contributed by atoms with E-state index in [0.29, 0.717) is 37.8 Å². The van der Waals surface area contributed by atoms with Crippen molar-refractivity contribution in [1.29, 1.82) is 0 Å². The van der Waals surface area contributed by atoms with Gasteiger partial charge in [0.1, 0.15) is 11.6 Å². The van der Waals surface area contributed by atoms with Crippen LogP contribution in [0.25, 0.3) is 5.82 Å². The van der Waals surface area contributed by atoms with Crippen LogP contribution in [0.2, 0.25) is 0 Å². The maximum atomic E-state index is 12.3. The molecule has 0 aliphatic carbocycles. The van der Waals surface area contributed by atoms with Gasteiger partial charge in [-0.2, -0.15) is 5.10 Å².